The van der Waals surface area contributed by atoms with Crippen molar-refractivity contribution in [3.63, 3.8) is 0 Å². The molecule has 4 N–H and O–H groups in total. The van der Waals surface area contributed by atoms with Gasteiger partial charge in [-0.05, 0) is 12.5 Å². The number of nitrogens with two attached hydrogens (primary N) is 1. The van der Waals surface area contributed by atoms with Crippen LogP contribution in [0, 0.1) is 0 Å². The molecule has 4 atom stereocenters. The quantitative estimate of drug-likeness (QED) is 0.692. The minimum absolute atomic E-state index is 0.113. The monoisotopic (exact) mass is 291 g/mol. The number of aliphatic hydroxyl groups excluding tert-OH is 2. The molecule has 0 amide bonds. The summed E-state index contributed by atoms with van der Waals surface area (Å²) in [4.78, 5) is 14.9. The van der Waals surface area contributed by atoms with E-state index in [2.05, 4.69) is 4.98 Å². The molecule has 0 aromatic carbocycles. The standard InChI is InChI=1S/C11H15F2N3O4/c1-2-5(17)7-8(18)11(12,13)9(20-7)16-4-3-6(14)15-10(16)19/h3-5,7-9,17-18H,2H2,1H3,(H2,14,15,19)/t5-,7-,8-,9-/m1/s1. The first-order chi connectivity index (χ1) is 9.28. The number of hydrogen-bond donors (Lipinski definition) is 3. The maximum atomic E-state index is 14.0. The second-order valence-corrected chi connectivity index (χ2v) is 4.59. The Bertz CT molecular complexity index is 551. The molecule has 0 saturated carbocycles. The van der Waals surface area contributed by atoms with Crippen LogP contribution in [0.2, 0.25) is 0 Å². The molecule has 0 aliphatic carbocycles. The van der Waals surface area contributed by atoms with E-state index in [-0.39, 0.29) is 12.2 Å². The van der Waals surface area contributed by atoms with Crippen molar-refractivity contribution in [1.29, 1.82) is 0 Å². The third kappa shape index (κ3) is 2.28. The van der Waals surface area contributed by atoms with Gasteiger partial charge < -0.3 is 20.7 Å². The molecule has 1 aliphatic rings. The summed E-state index contributed by atoms with van der Waals surface area (Å²) in [7, 11) is 0. The number of aliphatic hydroxyl groups is 2. The molecule has 2 heterocycles. The average Bonchev–Trinajstić information content (AvgIpc) is 2.61. The number of alkyl halides is 2. The van der Waals surface area contributed by atoms with Gasteiger partial charge in [0.15, 0.2) is 6.10 Å². The number of hydrogen-bond acceptors (Lipinski definition) is 6. The summed E-state index contributed by atoms with van der Waals surface area (Å²) in [5.41, 5.74) is 4.26. The van der Waals surface area contributed by atoms with Gasteiger partial charge in [0.25, 0.3) is 0 Å². The smallest absolute Gasteiger partial charge is 0.351 e. The lowest BCUT2D eigenvalue weighted by atomic mass is 10.0. The molecule has 112 valence electrons. The summed E-state index contributed by atoms with van der Waals surface area (Å²) < 4.78 is 33.5. The van der Waals surface area contributed by atoms with Crippen LogP contribution < -0.4 is 11.4 Å². The normalized spacial score (nSPS) is 30.4. The first-order valence-electron chi connectivity index (χ1n) is 6.03. The number of halogens is 2. The summed E-state index contributed by atoms with van der Waals surface area (Å²) in [6, 6.07) is 1.16. The van der Waals surface area contributed by atoms with Crippen LogP contribution in [0.15, 0.2) is 17.1 Å². The van der Waals surface area contributed by atoms with E-state index in [0.29, 0.717) is 4.57 Å². The topological polar surface area (TPSA) is 111 Å². The number of nitrogens with zero attached hydrogens (tertiary/aromatic N) is 2. The van der Waals surface area contributed by atoms with Gasteiger partial charge in [-0.1, -0.05) is 6.92 Å². The van der Waals surface area contributed by atoms with E-state index in [9.17, 15) is 23.8 Å². The van der Waals surface area contributed by atoms with Gasteiger partial charge in [-0.25, -0.2) is 4.79 Å². The maximum Gasteiger partial charge on any atom is 0.351 e. The van der Waals surface area contributed by atoms with E-state index in [4.69, 9.17) is 10.5 Å². The van der Waals surface area contributed by atoms with E-state index in [1.807, 2.05) is 0 Å². The van der Waals surface area contributed by atoms with Gasteiger partial charge in [0.1, 0.15) is 11.9 Å². The van der Waals surface area contributed by atoms with Crippen LogP contribution in [0.3, 0.4) is 0 Å². The Morgan fingerprint density at radius 1 is 1.65 bits per heavy atom. The largest absolute Gasteiger partial charge is 0.390 e. The molecular formula is C11H15F2N3O4. The molecule has 2 rings (SSSR count). The van der Waals surface area contributed by atoms with Crippen LogP contribution >= 0.6 is 0 Å². The molecule has 0 unspecified atom stereocenters. The van der Waals surface area contributed by atoms with Gasteiger partial charge in [0, 0.05) is 6.20 Å². The fourth-order valence-electron chi connectivity index (χ4n) is 2.07. The average molecular weight is 291 g/mol. The summed E-state index contributed by atoms with van der Waals surface area (Å²) in [5, 5.41) is 19.2. The zero-order chi connectivity index (χ0) is 15.1. The number of anilines is 1. The van der Waals surface area contributed by atoms with E-state index in [1.54, 1.807) is 6.92 Å². The minimum atomic E-state index is -3.73. The lowest BCUT2D eigenvalue weighted by Crippen LogP contribution is -2.43. The molecule has 9 heteroatoms. The summed E-state index contributed by atoms with van der Waals surface area (Å²) in [6.07, 6.45) is -5.87. The van der Waals surface area contributed by atoms with Crippen LogP contribution in [0.1, 0.15) is 19.6 Å². The van der Waals surface area contributed by atoms with Crippen LogP contribution in [-0.4, -0.2) is 44.0 Å². The fourth-order valence-corrected chi connectivity index (χ4v) is 2.07. The maximum absolute atomic E-state index is 14.0. The Morgan fingerprint density at radius 3 is 2.85 bits per heavy atom. The van der Waals surface area contributed by atoms with Gasteiger partial charge in [-0.15, -0.1) is 0 Å². The van der Waals surface area contributed by atoms with E-state index in [0.717, 1.165) is 12.3 Å². The molecule has 0 bridgehead atoms. The SMILES string of the molecule is CC[C@@H](O)[C@H]1O[C@@H](n2ccc(N)nc2=O)C(F)(F)[C@@H]1O. The minimum Gasteiger partial charge on any atom is -0.390 e. The summed E-state index contributed by atoms with van der Waals surface area (Å²) >= 11 is 0. The highest BCUT2D eigenvalue weighted by molar-refractivity contribution is 5.23. The number of nitrogen functional groups attached to an aromatic ring is 1. The second-order valence-electron chi connectivity index (χ2n) is 4.59. The van der Waals surface area contributed by atoms with Gasteiger partial charge in [-0.3, -0.25) is 4.57 Å². The van der Waals surface area contributed by atoms with Crippen molar-refractivity contribution >= 4 is 5.82 Å². The van der Waals surface area contributed by atoms with Crippen molar-refractivity contribution in [1.82, 2.24) is 9.55 Å². The highest BCUT2D eigenvalue weighted by atomic mass is 19.3. The Hall–Kier alpha value is -1.58. The molecule has 1 fully saturated rings. The van der Waals surface area contributed by atoms with Crippen molar-refractivity contribution in [3.8, 4) is 0 Å². The van der Waals surface area contributed by atoms with Gasteiger partial charge in [0.05, 0.1) is 6.10 Å². The fraction of sp³-hybridized carbons (Fsp3) is 0.636. The first kappa shape index (κ1) is 14.8. The zero-order valence-corrected chi connectivity index (χ0v) is 10.6. The van der Waals surface area contributed by atoms with Crippen molar-refractivity contribution < 1.29 is 23.7 Å². The predicted octanol–water partition coefficient (Wildman–Crippen LogP) is -0.510. The van der Waals surface area contributed by atoms with E-state index in [1.165, 1.54) is 0 Å². The Morgan fingerprint density at radius 2 is 2.30 bits per heavy atom. The molecule has 20 heavy (non-hydrogen) atoms. The van der Waals surface area contributed by atoms with Crippen molar-refractivity contribution in [2.24, 2.45) is 0 Å². The second kappa shape index (κ2) is 5.08. The predicted molar refractivity (Wildman–Crippen MR) is 64.1 cm³/mol. The van der Waals surface area contributed by atoms with E-state index >= 15 is 0 Å². The molecule has 0 spiro atoms. The van der Waals surface area contributed by atoms with Crippen molar-refractivity contribution in [2.75, 3.05) is 5.73 Å². The Kier molecular flexibility index (Phi) is 3.76. The highest BCUT2D eigenvalue weighted by Gasteiger charge is 2.61. The van der Waals surface area contributed by atoms with E-state index < -0.39 is 36.2 Å². The number of aromatic nitrogens is 2. The van der Waals surface area contributed by atoms with Crippen LogP contribution in [0.4, 0.5) is 14.6 Å². The molecule has 7 nitrogen and oxygen atoms in total. The lowest BCUT2D eigenvalue weighted by Gasteiger charge is -2.21. The molecule has 1 aromatic heterocycles. The summed E-state index contributed by atoms with van der Waals surface area (Å²) in [5.74, 6) is -3.85. The van der Waals surface area contributed by atoms with Gasteiger partial charge in [0.2, 0.25) is 6.23 Å². The van der Waals surface area contributed by atoms with Crippen molar-refractivity contribution in [2.45, 2.75) is 43.8 Å². The Balaban J connectivity index is 2.39. The highest BCUT2D eigenvalue weighted by Crippen LogP contribution is 2.43. The van der Waals surface area contributed by atoms with Gasteiger partial charge >= 0.3 is 11.6 Å². The van der Waals surface area contributed by atoms with Crippen molar-refractivity contribution in [3.05, 3.63) is 22.7 Å². The molecular weight excluding hydrogens is 276 g/mol. The molecule has 1 aliphatic heterocycles. The molecule has 1 saturated heterocycles. The Labute approximate surface area is 112 Å². The number of ether oxygens (including phenoxy) is 1. The molecule has 1 aromatic rings. The van der Waals surface area contributed by atoms with Crippen LogP contribution in [-0.2, 0) is 4.74 Å². The third-order valence-electron chi connectivity index (χ3n) is 3.22. The van der Waals surface area contributed by atoms with Crippen LogP contribution in [0.25, 0.3) is 0 Å². The van der Waals surface area contributed by atoms with Gasteiger partial charge in [-0.2, -0.15) is 13.8 Å². The van der Waals surface area contributed by atoms with Crippen LogP contribution in [0.5, 0.6) is 0 Å². The number of rotatable bonds is 3. The summed E-state index contributed by atoms with van der Waals surface area (Å²) in [6.45, 7) is 1.56. The third-order valence-corrected chi connectivity index (χ3v) is 3.22. The lowest BCUT2D eigenvalue weighted by molar-refractivity contribution is -0.141. The first-order valence-corrected chi connectivity index (χ1v) is 6.03. The molecule has 0 radical (unpaired) electrons. The zero-order valence-electron chi connectivity index (χ0n) is 10.6.